The van der Waals surface area contributed by atoms with Crippen LogP contribution >= 0.6 is 12.2 Å². The van der Waals surface area contributed by atoms with Gasteiger partial charge in [0.05, 0.1) is 0 Å². The minimum atomic E-state index is 0.0539. The Balaban J connectivity index is 1.88. The molecule has 0 aromatic heterocycles. The summed E-state index contributed by atoms with van der Waals surface area (Å²) in [6.45, 7) is 0. The van der Waals surface area contributed by atoms with Crippen molar-refractivity contribution in [2.45, 2.75) is 38.1 Å². The van der Waals surface area contributed by atoms with Crippen LogP contribution in [0.25, 0.3) is 6.08 Å². The standard InChI is InChI=1S/C17H20N2OS/c1-18-15(12-13-8-4-2-5-9-13)16(20)19(17(18)21)14-10-6-3-7-11-14/h2,4-5,8-9,12,14H,3,6-7,10-11H2,1H3/b15-12-. The van der Waals surface area contributed by atoms with Crippen LogP contribution < -0.4 is 0 Å². The predicted octanol–water partition coefficient (Wildman–Crippen LogP) is 3.42. The summed E-state index contributed by atoms with van der Waals surface area (Å²) in [7, 11) is 1.89. The number of thiocarbonyl (C=S) groups is 1. The van der Waals surface area contributed by atoms with Gasteiger partial charge < -0.3 is 4.90 Å². The Bertz CT molecular complexity index is 576. The van der Waals surface area contributed by atoms with Gasteiger partial charge in [-0.2, -0.15) is 0 Å². The predicted molar refractivity (Wildman–Crippen MR) is 88.5 cm³/mol. The van der Waals surface area contributed by atoms with Crippen LogP contribution in [0.5, 0.6) is 0 Å². The summed E-state index contributed by atoms with van der Waals surface area (Å²) in [5, 5.41) is 0.647. The zero-order valence-electron chi connectivity index (χ0n) is 12.3. The minimum Gasteiger partial charge on any atom is -0.317 e. The van der Waals surface area contributed by atoms with Crippen LogP contribution in [0.15, 0.2) is 36.0 Å². The van der Waals surface area contributed by atoms with Crippen LogP contribution in [0.2, 0.25) is 0 Å². The second kappa shape index (κ2) is 5.98. The maximum absolute atomic E-state index is 12.8. The van der Waals surface area contributed by atoms with Crippen molar-refractivity contribution >= 4 is 29.3 Å². The fourth-order valence-electron chi connectivity index (χ4n) is 3.15. The number of carbonyl (C=O) groups excluding carboxylic acids is 1. The first-order valence-electron chi connectivity index (χ1n) is 7.56. The van der Waals surface area contributed by atoms with E-state index in [-0.39, 0.29) is 11.9 Å². The van der Waals surface area contributed by atoms with E-state index in [4.69, 9.17) is 12.2 Å². The third-order valence-corrected chi connectivity index (χ3v) is 4.81. The summed E-state index contributed by atoms with van der Waals surface area (Å²) in [4.78, 5) is 16.4. The quantitative estimate of drug-likeness (QED) is 0.617. The van der Waals surface area contributed by atoms with E-state index in [1.54, 1.807) is 0 Å². The van der Waals surface area contributed by atoms with Gasteiger partial charge in [-0.3, -0.25) is 9.69 Å². The van der Waals surface area contributed by atoms with Crippen LogP contribution in [0.4, 0.5) is 0 Å². The molecule has 1 heterocycles. The summed E-state index contributed by atoms with van der Waals surface area (Å²) in [6.07, 6.45) is 7.72. The van der Waals surface area contributed by atoms with E-state index in [0.29, 0.717) is 10.8 Å². The molecule has 4 heteroatoms. The summed E-state index contributed by atoms with van der Waals surface area (Å²) in [6, 6.07) is 10.2. The van der Waals surface area contributed by atoms with E-state index in [2.05, 4.69) is 0 Å². The number of carbonyl (C=O) groups is 1. The Labute approximate surface area is 131 Å². The summed E-state index contributed by atoms with van der Waals surface area (Å²) in [5.74, 6) is 0.0539. The first kappa shape index (κ1) is 14.3. The van der Waals surface area contributed by atoms with Gasteiger partial charge in [-0.1, -0.05) is 49.6 Å². The van der Waals surface area contributed by atoms with Crippen LogP contribution in [-0.4, -0.2) is 33.9 Å². The van der Waals surface area contributed by atoms with Crippen molar-refractivity contribution in [3.63, 3.8) is 0 Å². The molecule has 1 saturated carbocycles. The molecule has 0 bridgehead atoms. The molecule has 1 aromatic rings. The van der Waals surface area contributed by atoms with Crippen LogP contribution in [-0.2, 0) is 4.79 Å². The highest BCUT2D eigenvalue weighted by Gasteiger charge is 2.40. The van der Waals surface area contributed by atoms with Crippen LogP contribution in [0.3, 0.4) is 0 Å². The molecule has 0 unspecified atom stereocenters. The van der Waals surface area contributed by atoms with Crippen LogP contribution in [0, 0.1) is 0 Å². The molecule has 1 aromatic carbocycles. The van der Waals surface area contributed by atoms with Crippen molar-refractivity contribution < 1.29 is 4.79 Å². The molecule has 2 fully saturated rings. The highest BCUT2D eigenvalue weighted by Crippen LogP contribution is 2.30. The molecule has 0 radical (unpaired) electrons. The number of benzene rings is 1. The molecule has 1 amide bonds. The van der Waals surface area contributed by atoms with Gasteiger partial charge in [-0.15, -0.1) is 0 Å². The van der Waals surface area contributed by atoms with Crippen molar-refractivity contribution in [3.05, 3.63) is 41.6 Å². The highest BCUT2D eigenvalue weighted by molar-refractivity contribution is 7.80. The molecule has 0 spiro atoms. The molecule has 0 N–H and O–H groups in total. The molecular weight excluding hydrogens is 280 g/mol. The number of hydrogen-bond acceptors (Lipinski definition) is 2. The lowest BCUT2D eigenvalue weighted by Gasteiger charge is -2.30. The number of rotatable bonds is 2. The maximum Gasteiger partial charge on any atom is 0.277 e. The summed E-state index contributed by atoms with van der Waals surface area (Å²) >= 11 is 5.50. The topological polar surface area (TPSA) is 23.6 Å². The van der Waals surface area contributed by atoms with Crippen molar-refractivity contribution in [3.8, 4) is 0 Å². The van der Waals surface area contributed by atoms with Crippen molar-refractivity contribution in [1.82, 2.24) is 9.80 Å². The lowest BCUT2D eigenvalue weighted by molar-refractivity contribution is -0.124. The van der Waals surface area contributed by atoms with E-state index in [9.17, 15) is 4.79 Å². The lowest BCUT2D eigenvalue weighted by Crippen LogP contribution is -2.41. The fraction of sp³-hybridized carbons (Fsp3) is 0.412. The molecule has 21 heavy (non-hydrogen) atoms. The number of hydrogen-bond donors (Lipinski definition) is 0. The third-order valence-electron chi connectivity index (χ3n) is 4.34. The molecule has 1 aliphatic heterocycles. The average molecular weight is 300 g/mol. The number of amides is 1. The average Bonchev–Trinajstić information content (AvgIpc) is 2.73. The Morgan fingerprint density at radius 3 is 2.48 bits per heavy atom. The number of nitrogens with zero attached hydrogens (tertiary/aromatic N) is 2. The lowest BCUT2D eigenvalue weighted by atomic mass is 9.94. The molecule has 3 nitrogen and oxygen atoms in total. The monoisotopic (exact) mass is 300 g/mol. The SMILES string of the molecule is CN1C(=S)N(C2CCCCC2)C(=O)/C1=C/c1ccccc1. The van der Waals surface area contributed by atoms with Gasteiger partial charge in [0.1, 0.15) is 5.70 Å². The molecule has 3 rings (SSSR count). The van der Waals surface area contributed by atoms with E-state index < -0.39 is 0 Å². The Morgan fingerprint density at radius 2 is 1.81 bits per heavy atom. The molecule has 2 aliphatic rings. The molecule has 0 atom stereocenters. The minimum absolute atomic E-state index is 0.0539. The van der Waals surface area contributed by atoms with Gasteiger partial charge in [0, 0.05) is 13.1 Å². The summed E-state index contributed by atoms with van der Waals surface area (Å²) < 4.78 is 0. The highest BCUT2D eigenvalue weighted by atomic mass is 32.1. The van der Waals surface area contributed by atoms with Gasteiger partial charge >= 0.3 is 0 Å². The maximum atomic E-state index is 12.8. The largest absolute Gasteiger partial charge is 0.317 e. The second-order valence-corrected chi connectivity index (χ2v) is 6.11. The first-order valence-corrected chi connectivity index (χ1v) is 7.97. The van der Waals surface area contributed by atoms with E-state index in [0.717, 1.165) is 18.4 Å². The number of likely N-dealkylation sites (N-methyl/N-ethyl adjacent to an activating group) is 1. The van der Waals surface area contributed by atoms with Gasteiger partial charge in [-0.25, -0.2) is 0 Å². The molecule has 1 aliphatic carbocycles. The van der Waals surface area contributed by atoms with Gasteiger partial charge in [0.15, 0.2) is 5.11 Å². The Hall–Kier alpha value is -1.68. The van der Waals surface area contributed by atoms with E-state index in [1.807, 2.05) is 53.3 Å². The summed E-state index contributed by atoms with van der Waals surface area (Å²) in [5.41, 5.74) is 1.71. The smallest absolute Gasteiger partial charge is 0.277 e. The zero-order chi connectivity index (χ0) is 14.8. The third kappa shape index (κ3) is 2.72. The van der Waals surface area contributed by atoms with Crippen molar-refractivity contribution in [2.24, 2.45) is 0 Å². The van der Waals surface area contributed by atoms with Crippen molar-refractivity contribution in [2.75, 3.05) is 7.05 Å². The molecule has 1 saturated heterocycles. The molecular formula is C17H20N2OS. The first-order chi connectivity index (χ1) is 10.2. The van der Waals surface area contributed by atoms with Crippen LogP contribution in [0.1, 0.15) is 37.7 Å². The Kier molecular flexibility index (Phi) is 4.06. The fourth-order valence-corrected chi connectivity index (χ4v) is 3.48. The molecule has 110 valence electrons. The van der Waals surface area contributed by atoms with E-state index in [1.165, 1.54) is 19.3 Å². The van der Waals surface area contributed by atoms with Gasteiger partial charge in [-0.05, 0) is 36.7 Å². The zero-order valence-corrected chi connectivity index (χ0v) is 13.1. The van der Waals surface area contributed by atoms with Crippen molar-refractivity contribution in [1.29, 1.82) is 0 Å². The van der Waals surface area contributed by atoms with E-state index >= 15 is 0 Å². The normalized spacial score (nSPS) is 22.4. The van der Waals surface area contributed by atoms with Gasteiger partial charge in [0.2, 0.25) is 0 Å². The Morgan fingerprint density at radius 1 is 1.14 bits per heavy atom. The second-order valence-electron chi connectivity index (χ2n) is 5.75. The van der Waals surface area contributed by atoms with Gasteiger partial charge in [0.25, 0.3) is 5.91 Å².